The van der Waals surface area contributed by atoms with Gasteiger partial charge in [0.15, 0.2) is 0 Å². The SMILES string of the molecule is CCNc1cncc(Oc2ccc(Cl)cc2)c1. The van der Waals surface area contributed by atoms with Crippen molar-refractivity contribution >= 4 is 17.3 Å². The average molecular weight is 249 g/mol. The number of nitrogens with zero attached hydrogens (tertiary/aromatic N) is 1. The van der Waals surface area contributed by atoms with Crippen molar-refractivity contribution in [3.63, 3.8) is 0 Å². The second-order valence-electron chi connectivity index (χ2n) is 3.50. The summed E-state index contributed by atoms with van der Waals surface area (Å²) in [5, 5.41) is 3.87. The minimum absolute atomic E-state index is 0.692. The molecule has 1 aromatic heterocycles. The second-order valence-corrected chi connectivity index (χ2v) is 3.93. The van der Waals surface area contributed by atoms with Gasteiger partial charge >= 0.3 is 0 Å². The number of rotatable bonds is 4. The number of hydrogen-bond acceptors (Lipinski definition) is 3. The second kappa shape index (κ2) is 5.55. The summed E-state index contributed by atoms with van der Waals surface area (Å²) in [6, 6.07) is 9.13. The highest BCUT2D eigenvalue weighted by atomic mass is 35.5. The maximum atomic E-state index is 5.80. The van der Waals surface area contributed by atoms with Crippen molar-refractivity contribution in [3.05, 3.63) is 47.7 Å². The van der Waals surface area contributed by atoms with Gasteiger partial charge in [-0.1, -0.05) is 11.6 Å². The molecule has 1 N–H and O–H groups in total. The topological polar surface area (TPSA) is 34.2 Å². The molecule has 0 aliphatic carbocycles. The number of anilines is 1. The van der Waals surface area contributed by atoms with Gasteiger partial charge in [-0.25, -0.2) is 0 Å². The van der Waals surface area contributed by atoms with E-state index < -0.39 is 0 Å². The molecule has 1 heterocycles. The maximum absolute atomic E-state index is 5.80. The molecule has 0 amide bonds. The van der Waals surface area contributed by atoms with Gasteiger partial charge in [-0.05, 0) is 31.2 Å². The average Bonchev–Trinajstić information content (AvgIpc) is 2.33. The number of benzene rings is 1. The summed E-state index contributed by atoms with van der Waals surface area (Å²) in [5.41, 5.74) is 0.943. The minimum atomic E-state index is 0.692. The molecule has 0 spiro atoms. The van der Waals surface area contributed by atoms with Crippen LogP contribution < -0.4 is 10.1 Å². The van der Waals surface area contributed by atoms with Crippen LogP contribution in [0.1, 0.15) is 6.92 Å². The first-order chi connectivity index (χ1) is 8.28. The molecule has 0 saturated carbocycles. The first-order valence-corrected chi connectivity index (χ1v) is 5.78. The molecule has 0 unspecified atom stereocenters. The summed E-state index contributed by atoms with van der Waals surface area (Å²) in [5.74, 6) is 1.44. The molecule has 0 aliphatic heterocycles. The van der Waals surface area contributed by atoms with Gasteiger partial charge in [0, 0.05) is 17.6 Å². The molecule has 0 saturated heterocycles. The molecule has 4 heteroatoms. The van der Waals surface area contributed by atoms with Gasteiger partial charge < -0.3 is 10.1 Å². The lowest BCUT2D eigenvalue weighted by Gasteiger charge is -2.07. The standard InChI is InChI=1S/C13H13ClN2O/c1-2-16-11-7-13(9-15-8-11)17-12-5-3-10(14)4-6-12/h3-9,16H,2H2,1H3. The number of hydrogen-bond donors (Lipinski definition) is 1. The van der Waals surface area contributed by atoms with Crippen LogP contribution in [0.5, 0.6) is 11.5 Å². The monoisotopic (exact) mass is 248 g/mol. The highest BCUT2D eigenvalue weighted by Crippen LogP contribution is 2.24. The summed E-state index contributed by atoms with van der Waals surface area (Å²) >= 11 is 5.80. The van der Waals surface area contributed by atoms with Crippen molar-refractivity contribution in [1.82, 2.24) is 4.98 Å². The van der Waals surface area contributed by atoms with E-state index in [0.717, 1.165) is 18.0 Å². The van der Waals surface area contributed by atoms with Crippen LogP contribution in [0.3, 0.4) is 0 Å². The van der Waals surface area contributed by atoms with E-state index in [0.29, 0.717) is 10.8 Å². The third-order valence-electron chi connectivity index (χ3n) is 2.14. The normalized spacial score (nSPS) is 10.0. The van der Waals surface area contributed by atoms with Crippen LogP contribution >= 0.6 is 11.6 Å². The predicted molar refractivity (Wildman–Crippen MR) is 69.9 cm³/mol. The zero-order valence-corrected chi connectivity index (χ0v) is 10.2. The van der Waals surface area contributed by atoms with E-state index in [1.165, 1.54) is 0 Å². The van der Waals surface area contributed by atoms with E-state index in [9.17, 15) is 0 Å². The van der Waals surface area contributed by atoms with Crippen LogP contribution in [0.25, 0.3) is 0 Å². The highest BCUT2D eigenvalue weighted by Gasteiger charge is 1.99. The lowest BCUT2D eigenvalue weighted by Crippen LogP contribution is -1.97. The number of halogens is 1. The Hall–Kier alpha value is -1.74. The Bertz CT molecular complexity index is 485. The highest BCUT2D eigenvalue weighted by molar-refractivity contribution is 6.30. The summed E-state index contributed by atoms with van der Waals surface area (Å²) in [4.78, 5) is 4.10. The van der Waals surface area contributed by atoms with Crippen molar-refractivity contribution in [2.24, 2.45) is 0 Å². The largest absolute Gasteiger partial charge is 0.456 e. The molecule has 2 aromatic rings. The van der Waals surface area contributed by atoms with Crippen LogP contribution in [0.2, 0.25) is 5.02 Å². The molecular formula is C13H13ClN2O. The Balaban J connectivity index is 2.12. The number of aromatic nitrogens is 1. The van der Waals surface area contributed by atoms with Gasteiger partial charge in [0.05, 0.1) is 18.1 Å². The van der Waals surface area contributed by atoms with E-state index >= 15 is 0 Å². The van der Waals surface area contributed by atoms with Crippen molar-refractivity contribution < 1.29 is 4.74 Å². The fourth-order valence-corrected chi connectivity index (χ4v) is 1.54. The van der Waals surface area contributed by atoms with Gasteiger partial charge in [0.1, 0.15) is 11.5 Å². The Morgan fingerprint density at radius 3 is 2.65 bits per heavy atom. The van der Waals surface area contributed by atoms with Crippen molar-refractivity contribution in [1.29, 1.82) is 0 Å². The molecule has 2 rings (SSSR count). The first-order valence-electron chi connectivity index (χ1n) is 5.40. The van der Waals surface area contributed by atoms with Gasteiger partial charge in [-0.3, -0.25) is 4.98 Å². The van der Waals surface area contributed by atoms with Gasteiger partial charge in [0.25, 0.3) is 0 Å². The maximum Gasteiger partial charge on any atom is 0.147 e. The van der Waals surface area contributed by atoms with Crippen LogP contribution in [-0.2, 0) is 0 Å². The summed E-state index contributed by atoms with van der Waals surface area (Å²) < 4.78 is 5.66. The third-order valence-corrected chi connectivity index (χ3v) is 2.40. The molecule has 0 atom stereocenters. The van der Waals surface area contributed by atoms with Crippen molar-refractivity contribution in [2.75, 3.05) is 11.9 Å². The quantitative estimate of drug-likeness (QED) is 0.889. The summed E-state index contributed by atoms with van der Waals surface area (Å²) in [7, 11) is 0. The Kier molecular flexibility index (Phi) is 3.83. The molecule has 17 heavy (non-hydrogen) atoms. The van der Waals surface area contributed by atoms with Gasteiger partial charge in [-0.15, -0.1) is 0 Å². The molecular weight excluding hydrogens is 236 g/mol. The fraction of sp³-hybridized carbons (Fsp3) is 0.154. The molecule has 0 fully saturated rings. The Morgan fingerprint density at radius 1 is 1.18 bits per heavy atom. The van der Waals surface area contributed by atoms with E-state index in [1.54, 1.807) is 24.5 Å². The van der Waals surface area contributed by atoms with Crippen LogP contribution in [0.4, 0.5) is 5.69 Å². The molecule has 1 aromatic carbocycles. The van der Waals surface area contributed by atoms with E-state index in [4.69, 9.17) is 16.3 Å². The van der Waals surface area contributed by atoms with Gasteiger partial charge in [-0.2, -0.15) is 0 Å². The first kappa shape index (κ1) is 11.7. The van der Waals surface area contributed by atoms with Crippen molar-refractivity contribution in [2.45, 2.75) is 6.92 Å². The predicted octanol–water partition coefficient (Wildman–Crippen LogP) is 3.96. The van der Waals surface area contributed by atoms with Gasteiger partial charge in [0.2, 0.25) is 0 Å². The number of ether oxygens (including phenoxy) is 1. The van der Waals surface area contributed by atoms with Crippen LogP contribution in [0.15, 0.2) is 42.7 Å². The van der Waals surface area contributed by atoms with E-state index in [2.05, 4.69) is 10.3 Å². The van der Waals surface area contributed by atoms with Crippen molar-refractivity contribution in [3.8, 4) is 11.5 Å². The van der Waals surface area contributed by atoms with E-state index in [1.807, 2.05) is 25.1 Å². The summed E-state index contributed by atoms with van der Waals surface area (Å²) in [6.45, 7) is 2.89. The zero-order valence-electron chi connectivity index (χ0n) is 9.48. The Labute approximate surface area is 105 Å². The lowest BCUT2D eigenvalue weighted by atomic mass is 10.3. The molecule has 3 nitrogen and oxygen atoms in total. The van der Waals surface area contributed by atoms with E-state index in [-0.39, 0.29) is 0 Å². The summed E-state index contributed by atoms with van der Waals surface area (Å²) in [6.07, 6.45) is 3.44. The number of nitrogens with one attached hydrogen (secondary N) is 1. The molecule has 0 radical (unpaired) electrons. The van der Waals surface area contributed by atoms with Crippen LogP contribution in [0, 0.1) is 0 Å². The molecule has 88 valence electrons. The smallest absolute Gasteiger partial charge is 0.147 e. The Morgan fingerprint density at radius 2 is 1.94 bits per heavy atom. The molecule has 0 aliphatic rings. The number of pyridine rings is 1. The molecule has 0 bridgehead atoms. The van der Waals surface area contributed by atoms with Crippen LogP contribution in [-0.4, -0.2) is 11.5 Å². The lowest BCUT2D eigenvalue weighted by molar-refractivity contribution is 0.480. The zero-order chi connectivity index (χ0) is 12.1. The third kappa shape index (κ3) is 3.36. The minimum Gasteiger partial charge on any atom is -0.456 e. The fourth-order valence-electron chi connectivity index (χ4n) is 1.41.